The van der Waals surface area contributed by atoms with Gasteiger partial charge < -0.3 is 0 Å². The van der Waals surface area contributed by atoms with Gasteiger partial charge in [-0.25, -0.2) is 0 Å². The van der Waals surface area contributed by atoms with Crippen LogP contribution in [0.4, 0.5) is 0 Å². The summed E-state index contributed by atoms with van der Waals surface area (Å²) in [6.07, 6.45) is 1.38. The zero-order chi connectivity index (χ0) is 12.8. The zero-order valence-corrected chi connectivity index (χ0v) is 11.8. The van der Waals surface area contributed by atoms with E-state index in [9.17, 15) is 9.59 Å². The Morgan fingerprint density at radius 2 is 1.76 bits per heavy atom. The van der Waals surface area contributed by atoms with E-state index in [-0.39, 0.29) is 18.0 Å². The minimum Gasteiger partial charge on any atom is -0.299 e. The topological polar surface area (TPSA) is 34.1 Å². The summed E-state index contributed by atoms with van der Waals surface area (Å²) >= 11 is 3.31. The van der Waals surface area contributed by atoms with Crippen molar-refractivity contribution in [3.63, 3.8) is 0 Å². The highest BCUT2D eigenvalue weighted by Crippen LogP contribution is 2.13. The van der Waals surface area contributed by atoms with Crippen LogP contribution in [0.5, 0.6) is 0 Å². The van der Waals surface area contributed by atoms with E-state index in [2.05, 4.69) is 29.8 Å². The number of hydrogen-bond acceptors (Lipinski definition) is 2. The van der Waals surface area contributed by atoms with E-state index in [1.54, 1.807) is 12.1 Å². The molecule has 0 unspecified atom stereocenters. The molecule has 0 aliphatic heterocycles. The summed E-state index contributed by atoms with van der Waals surface area (Å²) in [5.74, 6) is 0.444. The van der Waals surface area contributed by atoms with Crippen LogP contribution in [0.1, 0.15) is 43.5 Å². The van der Waals surface area contributed by atoms with E-state index in [1.165, 1.54) is 0 Å². The van der Waals surface area contributed by atoms with Gasteiger partial charge in [-0.2, -0.15) is 0 Å². The summed E-state index contributed by atoms with van der Waals surface area (Å²) < 4.78 is 0.931. The molecular formula is C14H17BrO2. The van der Waals surface area contributed by atoms with E-state index >= 15 is 0 Å². The van der Waals surface area contributed by atoms with Crippen molar-refractivity contribution < 1.29 is 9.59 Å². The van der Waals surface area contributed by atoms with E-state index in [0.717, 1.165) is 10.9 Å². The molecule has 0 amide bonds. The van der Waals surface area contributed by atoms with Crippen molar-refractivity contribution in [2.75, 3.05) is 0 Å². The van der Waals surface area contributed by atoms with Gasteiger partial charge in [0.1, 0.15) is 5.78 Å². The molecule has 0 aliphatic rings. The Kier molecular flexibility index (Phi) is 5.56. The number of rotatable bonds is 6. The maximum absolute atomic E-state index is 11.8. The van der Waals surface area contributed by atoms with Crippen LogP contribution < -0.4 is 0 Å². The lowest BCUT2D eigenvalue weighted by molar-refractivity contribution is -0.118. The fraction of sp³-hybridized carbons (Fsp3) is 0.429. The molecule has 0 fully saturated rings. The normalized spacial score (nSPS) is 10.6. The molecule has 0 radical (unpaired) electrons. The lowest BCUT2D eigenvalue weighted by Gasteiger charge is -2.03. The van der Waals surface area contributed by atoms with Crippen molar-refractivity contribution in [1.29, 1.82) is 0 Å². The number of carbonyl (C=O) groups is 2. The highest BCUT2D eigenvalue weighted by molar-refractivity contribution is 9.10. The highest BCUT2D eigenvalue weighted by Gasteiger charge is 2.12. The van der Waals surface area contributed by atoms with Crippen molar-refractivity contribution in [2.24, 2.45) is 5.92 Å². The Bertz CT molecular complexity index is 393. The number of carbonyl (C=O) groups excluding carboxylic acids is 2. The van der Waals surface area contributed by atoms with Gasteiger partial charge in [0.05, 0.1) is 6.42 Å². The van der Waals surface area contributed by atoms with E-state index in [4.69, 9.17) is 0 Å². The molecule has 0 N–H and O–H groups in total. The van der Waals surface area contributed by atoms with Gasteiger partial charge in [-0.05, 0) is 24.5 Å². The maximum atomic E-state index is 11.8. The Labute approximate surface area is 111 Å². The van der Waals surface area contributed by atoms with Crippen LogP contribution in [0.25, 0.3) is 0 Å². The first-order valence-corrected chi connectivity index (χ1v) is 6.59. The number of hydrogen-bond donors (Lipinski definition) is 0. The molecular weight excluding hydrogens is 280 g/mol. The van der Waals surface area contributed by atoms with Gasteiger partial charge in [-0.3, -0.25) is 9.59 Å². The molecule has 0 saturated carbocycles. The van der Waals surface area contributed by atoms with Gasteiger partial charge >= 0.3 is 0 Å². The lowest BCUT2D eigenvalue weighted by Crippen LogP contribution is -2.08. The SMILES string of the molecule is CC(C)CCC(=O)CC(=O)c1ccc(Br)cc1. The van der Waals surface area contributed by atoms with Crippen LogP contribution in [0.15, 0.2) is 28.7 Å². The highest BCUT2D eigenvalue weighted by atomic mass is 79.9. The van der Waals surface area contributed by atoms with Crippen LogP contribution in [0.2, 0.25) is 0 Å². The van der Waals surface area contributed by atoms with Crippen LogP contribution in [0, 0.1) is 5.92 Å². The third kappa shape index (κ3) is 5.26. The second kappa shape index (κ2) is 6.70. The molecule has 17 heavy (non-hydrogen) atoms. The molecule has 0 bridgehead atoms. The standard InChI is InChI=1S/C14H17BrO2/c1-10(2)3-8-13(16)9-14(17)11-4-6-12(15)7-5-11/h4-7,10H,3,8-9H2,1-2H3. The van der Waals surface area contributed by atoms with Gasteiger partial charge in [-0.15, -0.1) is 0 Å². The summed E-state index contributed by atoms with van der Waals surface area (Å²) in [6.45, 7) is 4.15. The first-order chi connectivity index (χ1) is 7.99. The van der Waals surface area contributed by atoms with Gasteiger partial charge in [0.15, 0.2) is 5.78 Å². The summed E-state index contributed by atoms with van der Waals surface area (Å²) in [5, 5.41) is 0. The molecule has 0 aromatic heterocycles. The fourth-order valence-electron chi connectivity index (χ4n) is 1.45. The molecule has 1 rings (SSSR count). The quantitative estimate of drug-likeness (QED) is 0.587. The first-order valence-electron chi connectivity index (χ1n) is 5.79. The molecule has 0 heterocycles. The van der Waals surface area contributed by atoms with Gasteiger partial charge in [0.2, 0.25) is 0 Å². The van der Waals surface area contributed by atoms with Crippen molar-refractivity contribution >= 4 is 27.5 Å². The number of halogens is 1. The largest absolute Gasteiger partial charge is 0.299 e. The first kappa shape index (κ1) is 14.1. The predicted molar refractivity (Wildman–Crippen MR) is 72.2 cm³/mol. The Balaban J connectivity index is 2.49. The van der Waals surface area contributed by atoms with Crippen molar-refractivity contribution in [3.8, 4) is 0 Å². The summed E-state index contributed by atoms with van der Waals surface area (Å²) in [6, 6.07) is 7.10. The second-order valence-corrected chi connectivity index (χ2v) is 5.49. The molecule has 0 saturated heterocycles. The number of Topliss-reactive ketones (excluding diaryl/α,β-unsaturated/α-hetero) is 2. The molecule has 0 atom stereocenters. The minimum atomic E-state index is -0.0914. The second-order valence-electron chi connectivity index (χ2n) is 4.58. The fourth-order valence-corrected chi connectivity index (χ4v) is 1.72. The van der Waals surface area contributed by atoms with Crippen LogP contribution in [-0.4, -0.2) is 11.6 Å². The van der Waals surface area contributed by atoms with Crippen LogP contribution in [-0.2, 0) is 4.79 Å². The van der Waals surface area contributed by atoms with Crippen molar-refractivity contribution in [2.45, 2.75) is 33.1 Å². The summed E-state index contributed by atoms with van der Waals surface area (Å²) in [4.78, 5) is 23.3. The smallest absolute Gasteiger partial charge is 0.170 e. The molecule has 92 valence electrons. The van der Waals surface area contributed by atoms with Crippen molar-refractivity contribution in [1.82, 2.24) is 0 Å². The van der Waals surface area contributed by atoms with E-state index in [0.29, 0.717) is 17.9 Å². The number of ketones is 2. The van der Waals surface area contributed by atoms with E-state index < -0.39 is 0 Å². The Morgan fingerprint density at radius 1 is 1.18 bits per heavy atom. The maximum Gasteiger partial charge on any atom is 0.170 e. The Morgan fingerprint density at radius 3 is 2.29 bits per heavy atom. The molecule has 0 aliphatic carbocycles. The summed E-state index contributed by atoms with van der Waals surface area (Å²) in [5.41, 5.74) is 0.603. The van der Waals surface area contributed by atoms with Gasteiger partial charge in [0, 0.05) is 16.5 Å². The molecule has 1 aromatic rings. The predicted octanol–water partition coefficient (Wildman–Crippen LogP) is 4.03. The molecule has 2 nitrogen and oxygen atoms in total. The van der Waals surface area contributed by atoms with Crippen LogP contribution in [0.3, 0.4) is 0 Å². The van der Waals surface area contributed by atoms with E-state index in [1.807, 2.05) is 12.1 Å². The Hall–Kier alpha value is -0.960. The van der Waals surface area contributed by atoms with Gasteiger partial charge in [-0.1, -0.05) is 41.9 Å². The molecule has 3 heteroatoms. The van der Waals surface area contributed by atoms with Crippen LogP contribution >= 0.6 is 15.9 Å². The average Bonchev–Trinajstić information content (AvgIpc) is 2.27. The average molecular weight is 297 g/mol. The lowest BCUT2D eigenvalue weighted by atomic mass is 10.0. The number of benzene rings is 1. The molecule has 1 aromatic carbocycles. The summed E-state index contributed by atoms with van der Waals surface area (Å²) in [7, 11) is 0. The van der Waals surface area contributed by atoms with Crippen molar-refractivity contribution in [3.05, 3.63) is 34.3 Å². The van der Waals surface area contributed by atoms with Gasteiger partial charge in [0.25, 0.3) is 0 Å². The monoisotopic (exact) mass is 296 g/mol. The zero-order valence-electron chi connectivity index (χ0n) is 10.2. The molecule has 0 spiro atoms. The minimum absolute atomic E-state index is 0.0222. The third-order valence-corrected chi connectivity index (χ3v) is 3.05. The third-order valence-electron chi connectivity index (χ3n) is 2.52.